The fourth-order valence-corrected chi connectivity index (χ4v) is 1.93. The summed E-state index contributed by atoms with van der Waals surface area (Å²) in [5.74, 6) is 0.101. The molecule has 0 heterocycles. The molecule has 0 spiro atoms. The monoisotopic (exact) mass is 196 g/mol. The van der Waals surface area contributed by atoms with Crippen molar-refractivity contribution in [2.45, 2.75) is 18.7 Å². The topological polar surface area (TPSA) is 37.3 Å². The predicted octanol–water partition coefficient (Wildman–Crippen LogP) is 2.81. The Balaban J connectivity index is 3.03. The van der Waals surface area contributed by atoms with Crippen LogP contribution in [0.15, 0.2) is 23.1 Å². The van der Waals surface area contributed by atoms with E-state index in [2.05, 4.69) is 0 Å². The molecule has 0 saturated carbocycles. The Morgan fingerprint density at radius 3 is 2.69 bits per heavy atom. The molecule has 0 aromatic heterocycles. The van der Waals surface area contributed by atoms with Crippen LogP contribution in [0.5, 0.6) is 0 Å². The Morgan fingerprint density at radius 2 is 2.15 bits per heavy atom. The lowest BCUT2D eigenvalue weighted by Gasteiger charge is -2.02. The van der Waals surface area contributed by atoms with Crippen LogP contribution in [0.2, 0.25) is 0 Å². The van der Waals surface area contributed by atoms with Gasteiger partial charge in [0.25, 0.3) is 0 Å². The van der Waals surface area contributed by atoms with Crippen molar-refractivity contribution in [3.05, 3.63) is 29.3 Å². The van der Waals surface area contributed by atoms with E-state index in [-0.39, 0.29) is 0 Å². The maximum atomic E-state index is 10.7. The largest absolute Gasteiger partial charge is 0.478 e. The molecule has 0 fully saturated rings. The number of hydrogen-bond donors (Lipinski definition) is 1. The number of rotatable bonds is 3. The first-order valence-corrected chi connectivity index (χ1v) is 5.10. The third kappa shape index (κ3) is 2.77. The molecule has 1 N–H and O–H groups in total. The van der Waals surface area contributed by atoms with Gasteiger partial charge in [0.2, 0.25) is 0 Å². The van der Waals surface area contributed by atoms with Gasteiger partial charge < -0.3 is 5.11 Å². The normalized spacial score (nSPS) is 10.0. The summed E-state index contributed by atoms with van der Waals surface area (Å²) in [6.07, 6.45) is 0. The van der Waals surface area contributed by atoms with Crippen molar-refractivity contribution in [3.63, 3.8) is 0 Å². The predicted molar refractivity (Wildman–Crippen MR) is 54.5 cm³/mol. The molecule has 0 atom stereocenters. The van der Waals surface area contributed by atoms with E-state index in [0.29, 0.717) is 5.56 Å². The quantitative estimate of drug-likeness (QED) is 0.755. The van der Waals surface area contributed by atoms with Crippen LogP contribution in [0, 0.1) is 6.92 Å². The zero-order valence-electron chi connectivity index (χ0n) is 7.70. The second-order valence-electron chi connectivity index (χ2n) is 2.77. The fraction of sp³-hybridized carbons (Fsp3) is 0.300. The maximum Gasteiger partial charge on any atom is 0.335 e. The first-order chi connectivity index (χ1) is 6.13. The van der Waals surface area contributed by atoms with Crippen molar-refractivity contribution in [2.24, 2.45) is 0 Å². The molecular weight excluding hydrogens is 184 g/mol. The zero-order chi connectivity index (χ0) is 9.84. The molecule has 70 valence electrons. The van der Waals surface area contributed by atoms with E-state index in [0.717, 1.165) is 16.2 Å². The fourth-order valence-electron chi connectivity index (χ4n) is 1.12. The van der Waals surface area contributed by atoms with Gasteiger partial charge in [0.15, 0.2) is 0 Å². The van der Waals surface area contributed by atoms with Gasteiger partial charge in [-0.2, -0.15) is 0 Å². The molecule has 0 aliphatic heterocycles. The molecule has 1 rings (SSSR count). The number of carboxylic acid groups (broad SMARTS) is 1. The third-order valence-corrected chi connectivity index (χ3v) is 2.47. The average Bonchev–Trinajstić information content (AvgIpc) is 2.03. The maximum absolute atomic E-state index is 10.7. The molecule has 1 aromatic carbocycles. The third-order valence-electron chi connectivity index (χ3n) is 1.61. The Bertz CT molecular complexity index is 321. The molecule has 13 heavy (non-hydrogen) atoms. The molecule has 1 aromatic rings. The summed E-state index contributed by atoms with van der Waals surface area (Å²) < 4.78 is 0. The first-order valence-electron chi connectivity index (χ1n) is 4.11. The van der Waals surface area contributed by atoms with Gasteiger partial charge in [-0.3, -0.25) is 0 Å². The molecule has 0 unspecified atom stereocenters. The lowest BCUT2D eigenvalue weighted by atomic mass is 10.1. The van der Waals surface area contributed by atoms with Crippen molar-refractivity contribution in [3.8, 4) is 0 Å². The van der Waals surface area contributed by atoms with Crippen LogP contribution in [0.1, 0.15) is 22.8 Å². The highest BCUT2D eigenvalue weighted by atomic mass is 32.2. The zero-order valence-corrected chi connectivity index (χ0v) is 8.52. The van der Waals surface area contributed by atoms with Gasteiger partial charge in [-0.05, 0) is 36.4 Å². The molecule has 0 aliphatic carbocycles. The van der Waals surface area contributed by atoms with Gasteiger partial charge in [-0.1, -0.05) is 6.92 Å². The van der Waals surface area contributed by atoms with Gasteiger partial charge in [-0.15, -0.1) is 11.8 Å². The van der Waals surface area contributed by atoms with Gasteiger partial charge in [-0.25, -0.2) is 4.79 Å². The van der Waals surface area contributed by atoms with Gasteiger partial charge in [0.05, 0.1) is 5.56 Å². The molecule has 3 heteroatoms. The molecule has 0 amide bonds. The average molecular weight is 196 g/mol. The number of aryl methyl sites for hydroxylation is 1. The Kier molecular flexibility index (Phi) is 3.37. The van der Waals surface area contributed by atoms with E-state index in [9.17, 15) is 4.79 Å². The highest BCUT2D eigenvalue weighted by molar-refractivity contribution is 7.99. The molecule has 0 saturated heterocycles. The number of thioether (sulfide) groups is 1. The molecule has 0 radical (unpaired) electrons. The number of benzene rings is 1. The first kappa shape index (κ1) is 10.1. The minimum absolute atomic E-state index is 0.371. The highest BCUT2D eigenvalue weighted by Crippen LogP contribution is 2.20. The summed E-state index contributed by atoms with van der Waals surface area (Å²) in [7, 11) is 0. The standard InChI is InChI=1S/C10H12O2S/c1-3-13-9-5-7(2)4-8(6-9)10(11)12/h4-6H,3H2,1-2H3,(H,11,12). The lowest BCUT2D eigenvalue weighted by Crippen LogP contribution is -1.96. The van der Waals surface area contributed by atoms with Gasteiger partial charge in [0.1, 0.15) is 0 Å². The van der Waals surface area contributed by atoms with Crippen molar-refractivity contribution in [1.82, 2.24) is 0 Å². The van der Waals surface area contributed by atoms with Gasteiger partial charge >= 0.3 is 5.97 Å². The van der Waals surface area contributed by atoms with E-state index in [4.69, 9.17) is 5.11 Å². The van der Waals surface area contributed by atoms with Crippen molar-refractivity contribution in [2.75, 3.05) is 5.75 Å². The minimum atomic E-state index is -0.860. The Labute approximate surface area is 82.0 Å². The number of carbonyl (C=O) groups is 1. The number of hydrogen-bond acceptors (Lipinski definition) is 2. The summed E-state index contributed by atoms with van der Waals surface area (Å²) in [6, 6.07) is 5.40. The Hall–Kier alpha value is -0.960. The molecule has 0 aliphatic rings. The smallest absolute Gasteiger partial charge is 0.335 e. The number of carboxylic acids is 1. The second kappa shape index (κ2) is 4.33. The summed E-state index contributed by atoms with van der Waals surface area (Å²) >= 11 is 1.66. The van der Waals surface area contributed by atoms with Crippen molar-refractivity contribution in [1.29, 1.82) is 0 Å². The second-order valence-corrected chi connectivity index (χ2v) is 4.11. The molecule has 0 bridgehead atoms. The Morgan fingerprint density at radius 1 is 1.46 bits per heavy atom. The van der Waals surface area contributed by atoms with Crippen LogP contribution in [-0.4, -0.2) is 16.8 Å². The van der Waals surface area contributed by atoms with E-state index in [1.165, 1.54) is 0 Å². The minimum Gasteiger partial charge on any atom is -0.478 e. The summed E-state index contributed by atoms with van der Waals surface area (Å²) in [5, 5.41) is 8.79. The van der Waals surface area contributed by atoms with E-state index in [1.807, 2.05) is 19.9 Å². The molecular formula is C10H12O2S. The van der Waals surface area contributed by atoms with Crippen LogP contribution in [0.3, 0.4) is 0 Å². The number of aromatic carboxylic acids is 1. The van der Waals surface area contributed by atoms with Crippen LogP contribution in [-0.2, 0) is 0 Å². The van der Waals surface area contributed by atoms with Gasteiger partial charge in [0, 0.05) is 4.90 Å². The van der Waals surface area contributed by atoms with E-state index < -0.39 is 5.97 Å². The van der Waals surface area contributed by atoms with E-state index in [1.54, 1.807) is 23.9 Å². The van der Waals surface area contributed by atoms with Crippen LogP contribution in [0.25, 0.3) is 0 Å². The summed E-state index contributed by atoms with van der Waals surface area (Å²) in [5.41, 5.74) is 1.37. The van der Waals surface area contributed by atoms with Crippen molar-refractivity contribution >= 4 is 17.7 Å². The van der Waals surface area contributed by atoms with Crippen LogP contribution < -0.4 is 0 Å². The highest BCUT2D eigenvalue weighted by Gasteiger charge is 2.04. The summed E-state index contributed by atoms with van der Waals surface area (Å²) in [4.78, 5) is 11.7. The SMILES string of the molecule is CCSc1cc(C)cc(C(=O)O)c1. The lowest BCUT2D eigenvalue weighted by molar-refractivity contribution is 0.0696. The van der Waals surface area contributed by atoms with Crippen LogP contribution in [0.4, 0.5) is 0 Å². The molecule has 2 nitrogen and oxygen atoms in total. The van der Waals surface area contributed by atoms with E-state index >= 15 is 0 Å². The van der Waals surface area contributed by atoms with Crippen LogP contribution >= 0.6 is 11.8 Å². The summed E-state index contributed by atoms with van der Waals surface area (Å²) in [6.45, 7) is 3.96. The van der Waals surface area contributed by atoms with Crippen molar-refractivity contribution < 1.29 is 9.90 Å².